The highest BCUT2D eigenvalue weighted by Gasteiger charge is 2.48. The van der Waals surface area contributed by atoms with Gasteiger partial charge in [-0.15, -0.1) is 0 Å². The molecule has 8 nitrogen and oxygen atoms in total. The lowest BCUT2D eigenvalue weighted by molar-refractivity contribution is -0.384. The van der Waals surface area contributed by atoms with Gasteiger partial charge in [-0.25, -0.2) is 13.4 Å². The van der Waals surface area contributed by atoms with E-state index in [1.165, 1.54) is 30.3 Å². The van der Waals surface area contributed by atoms with Gasteiger partial charge in [0.2, 0.25) is 0 Å². The first-order valence-electron chi connectivity index (χ1n) is 7.13. The topological polar surface area (TPSA) is 110 Å². The van der Waals surface area contributed by atoms with Crippen LogP contribution in [0.25, 0.3) is 6.08 Å². The Kier molecular flexibility index (Phi) is 3.09. The monoisotopic (exact) mass is 355 g/mol. The lowest BCUT2D eigenvalue weighted by Crippen LogP contribution is -2.32. The number of nitro benzene ring substituents is 1. The van der Waals surface area contributed by atoms with Gasteiger partial charge in [0, 0.05) is 17.7 Å². The third-order valence-corrected chi connectivity index (χ3v) is 5.58. The van der Waals surface area contributed by atoms with E-state index in [1.807, 2.05) is 0 Å². The van der Waals surface area contributed by atoms with Crippen molar-refractivity contribution in [1.29, 1.82) is 0 Å². The fraction of sp³-hybridized carbons (Fsp3) is 0. The third-order valence-electron chi connectivity index (χ3n) is 3.85. The largest absolute Gasteiger partial charge is 0.292 e. The molecule has 0 spiro atoms. The van der Waals surface area contributed by atoms with E-state index in [2.05, 4.69) is 4.99 Å². The molecular weight excluding hydrogens is 346 g/mol. The van der Waals surface area contributed by atoms with Gasteiger partial charge >= 0.3 is 0 Å². The Balaban J connectivity index is 1.84. The van der Waals surface area contributed by atoms with Crippen LogP contribution in [0.1, 0.15) is 11.1 Å². The first-order chi connectivity index (χ1) is 11.9. The molecule has 0 unspecified atom stereocenters. The minimum Gasteiger partial charge on any atom is -0.266 e. The van der Waals surface area contributed by atoms with E-state index in [0.717, 1.165) is 0 Å². The summed E-state index contributed by atoms with van der Waals surface area (Å²) in [7, 11) is -3.98. The second-order valence-corrected chi connectivity index (χ2v) is 7.14. The van der Waals surface area contributed by atoms with Gasteiger partial charge in [0.1, 0.15) is 5.70 Å². The van der Waals surface area contributed by atoms with Crippen molar-refractivity contribution in [3.63, 3.8) is 0 Å². The maximum Gasteiger partial charge on any atom is 0.292 e. The highest BCUT2D eigenvalue weighted by molar-refractivity contribution is 7.91. The summed E-state index contributed by atoms with van der Waals surface area (Å²) in [6.45, 7) is 0. The molecule has 2 aliphatic heterocycles. The first kappa shape index (κ1) is 15.2. The maximum absolute atomic E-state index is 12.5. The number of nitrogens with zero attached hydrogens (tertiary/aromatic N) is 3. The summed E-state index contributed by atoms with van der Waals surface area (Å²) in [6, 6.07) is 11.9. The molecule has 0 saturated heterocycles. The van der Waals surface area contributed by atoms with Gasteiger partial charge < -0.3 is 0 Å². The van der Waals surface area contributed by atoms with Crippen LogP contribution in [-0.2, 0) is 14.8 Å². The molecule has 0 aromatic heterocycles. The summed E-state index contributed by atoms with van der Waals surface area (Å²) in [4.78, 5) is 27.0. The lowest BCUT2D eigenvalue weighted by Gasteiger charge is -2.08. The van der Waals surface area contributed by atoms with Gasteiger partial charge in [0.25, 0.3) is 21.6 Å². The van der Waals surface area contributed by atoms with Crippen LogP contribution < -0.4 is 0 Å². The molecule has 2 heterocycles. The molecule has 2 aromatic carbocycles. The Labute approximate surface area is 141 Å². The summed E-state index contributed by atoms with van der Waals surface area (Å²) in [5.41, 5.74) is 0.520. The number of sulfonamides is 1. The second-order valence-electron chi connectivity index (χ2n) is 5.39. The average molecular weight is 355 g/mol. The van der Waals surface area contributed by atoms with E-state index >= 15 is 0 Å². The standard InChI is InChI=1S/C16H9N3O5S/c20-16-13(9-10-4-3-5-11(8-10)19(21)22)17-15-12-6-1-2-7-14(12)25(23,24)18(15)16/h1-9H. The van der Waals surface area contributed by atoms with Crippen molar-refractivity contribution in [2.45, 2.75) is 4.90 Å². The minimum absolute atomic E-state index is 0.0384. The molecule has 0 radical (unpaired) electrons. The molecule has 0 atom stereocenters. The fourth-order valence-corrected chi connectivity index (χ4v) is 4.32. The number of nitro groups is 1. The third kappa shape index (κ3) is 2.17. The Morgan fingerprint density at radius 1 is 1.12 bits per heavy atom. The van der Waals surface area contributed by atoms with Crippen LogP contribution in [0.15, 0.2) is 64.1 Å². The van der Waals surface area contributed by atoms with Crippen molar-refractivity contribution < 1.29 is 18.1 Å². The van der Waals surface area contributed by atoms with Crippen molar-refractivity contribution >= 4 is 33.5 Å². The van der Waals surface area contributed by atoms with E-state index in [4.69, 9.17) is 0 Å². The molecule has 1 amide bonds. The number of aliphatic imine (C=N–C) groups is 1. The number of rotatable bonds is 2. The number of amidine groups is 1. The van der Waals surface area contributed by atoms with E-state index in [1.54, 1.807) is 24.3 Å². The van der Waals surface area contributed by atoms with Crippen molar-refractivity contribution in [3.8, 4) is 0 Å². The molecule has 25 heavy (non-hydrogen) atoms. The van der Waals surface area contributed by atoms with E-state index in [9.17, 15) is 23.3 Å². The van der Waals surface area contributed by atoms with Gasteiger partial charge in [-0.05, 0) is 23.8 Å². The lowest BCUT2D eigenvalue weighted by atomic mass is 10.1. The smallest absolute Gasteiger partial charge is 0.266 e. The minimum atomic E-state index is -3.98. The molecule has 124 valence electrons. The van der Waals surface area contributed by atoms with E-state index in [-0.39, 0.29) is 22.1 Å². The predicted octanol–water partition coefficient (Wildman–Crippen LogP) is 1.93. The zero-order valence-corrected chi connectivity index (χ0v) is 13.3. The van der Waals surface area contributed by atoms with Crippen LogP contribution in [0.4, 0.5) is 5.69 Å². The number of carbonyl (C=O) groups excluding carboxylic acids is 1. The maximum atomic E-state index is 12.5. The number of fused-ring (bicyclic) bond motifs is 3. The molecule has 0 saturated carbocycles. The molecule has 0 fully saturated rings. The van der Waals surface area contributed by atoms with Crippen molar-refractivity contribution in [3.05, 3.63) is 75.5 Å². The average Bonchev–Trinajstić information content (AvgIpc) is 3.02. The summed E-state index contributed by atoms with van der Waals surface area (Å²) in [5.74, 6) is -0.727. The Bertz CT molecular complexity index is 1120. The van der Waals surface area contributed by atoms with Gasteiger partial charge in [-0.2, -0.15) is 4.31 Å². The van der Waals surface area contributed by atoms with Crippen molar-refractivity contribution in [1.82, 2.24) is 4.31 Å². The molecular formula is C16H9N3O5S. The number of benzene rings is 2. The summed E-state index contributed by atoms with van der Waals surface area (Å²) < 4.78 is 25.7. The quantitative estimate of drug-likeness (QED) is 0.464. The summed E-state index contributed by atoms with van der Waals surface area (Å²) in [6.07, 6.45) is 1.33. The highest BCUT2D eigenvalue weighted by atomic mass is 32.2. The summed E-state index contributed by atoms with van der Waals surface area (Å²) in [5, 5.41) is 10.8. The first-order valence-corrected chi connectivity index (χ1v) is 8.57. The van der Waals surface area contributed by atoms with Crippen LogP contribution >= 0.6 is 0 Å². The number of hydrogen-bond acceptors (Lipinski definition) is 6. The molecule has 9 heteroatoms. The Morgan fingerprint density at radius 2 is 1.88 bits per heavy atom. The SMILES string of the molecule is O=C1C(=Cc2cccc([N+](=O)[O-])c2)N=C2c3ccccc3S(=O)(=O)N12. The Morgan fingerprint density at radius 3 is 2.64 bits per heavy atom. The zero-order valence-electron chi connectivity index (χ0n) is 12.5. The molecule has 0 bridgehead atoms. The number of amides is 1. The van der Waals surface area contributed by atoms with Gasteiger partial charge in [-0.3, -0.25) is 14.9 Å². The normalized spacial score (nSPS) is 18.9. The molecule has 2 aliphatic rings. The summed E-state index contributed by atoms with van der Waals surface area (Å²) >= 11 is 0. The van der Waals surface area contributed by atoms with Crippen molar-refractivity contribution in [2.75, 3.05) is 0 Å². The van der Waals surface area contributed by atoms with Gasteiger partial charge in [-0.1, -0.05) is 24.3 Å². The van der Waals surface area contributed by atoms with Crippen LogP contribution in [0.5, 0.6) is 0 Å². The van der Waals surface area contributed by atoms with Crippen LogP contribution in [-0.4, -0.2) is 29.4 Å². The van der Waals surface area contributed by atoms with E-state index < -0.39 is 20.9 Å². The number of non-ortho nitro benzene ring substituents is 1. The molecule has 4 rings (SSSR count). The van der Waals surface area contributed by atoms with Crippen LogP contribution in [0, 0.1) is 10.1 Å². The Hall–Kier alpha value is -3.33. The number of hydrogen-bond donors (Lipinski definition) is 0. The number of carbonyl (C=O) groups is 1. The predicted molar refractivity (Wildman–Crippen MR) is 88.1 cm³/mol. The van der Waals surface area contributed by atoms with Crippen molar-refractivity contribution in [2.24, 2.45) is 4.99 Å². The zero-order chi connectivity index (χ0) is 17.8. The van der Waals surface area contributed by atoms with Gasteiger partial charge in [0.15, 0.2) is 5.84 Å². The van der Waals surface area contributed by atoms with Crippen LogP contribution in [0.2, 0.25) is 0 Å². The highest BCUT2D eigenvalue weighted by Crippen LogP contribution is 2.36. The fourth-order valence-electron chi connectivity index (χ4n) is 2.75. The van der Waals surface area contributed by atoms with Gasteiger partial charge in [0.05, 0.1) is 9.82 Å². The van der Waals surface area contributed by atoms with Crippen LogP contribution in [0.3, 0.4) is 0 Å². The van der Waals surface area contributed by atoms with E-state index in [0.29, 0.717) is 15.4 Å². The second kappa shape index (κ2) is 5.08. The molecule has 0 aliphatic carbocycles. The molecule has 2 aromatic rings. The molecule has 0 N–H and O–H groups in total.